The third-order valence-corrected chi connectivity index (χ3v) is 2.22. The molecule has 0 aromatic carbocycles. The second kappa shape index (κ2) is 7.23. The summed E-state index contributed by atoms with van der Waals surface area (Å²) >= 11 is 0. The molecule has 0 heterocycles. The summed E-state index contributed by atoms with van der Waals surface area (Å²) in [5.74, 6) is -1.24. The Balaban J connectivity index is 3.86. The SMILES string of the molecule is CC[C@H](NC(=O)CCC(C)OC)C(=O)O. The topological polar surface area (TPSA) is 75.6 Å². The average Bonchev–Trinajstić information content (AvgIpc) is 2.21. The normalized spacial score (nSPS) is 14.3. The van der Waals surface area contributed by atoms with Gasteiger partial charge in [0.2, 0.25) is 5.91 Å². The van der Waals surface area contributed by atoms with Crippen molar-refractivity contribution in [2.24, 2.45) is 0 Å². The van der Waals surface area contributed by atoms with E-state index in [1.54, 1.807) is 14.0 Å². The van der Waals surface area contributed by atoms with Crippen LogP contribution in [0.1, 0.15) is 33.1 Å². The molecule has 0 aromatic rings. The van der Waals surface area contributed by atoms with E-state index in [1.807, 2.05) is 6.92 Å². The number of hydrogen-bond acceptors (Lipinski definition) is 3. The monoisotopic (exact) mass is 217 g/mol. The highest BCUT2D eigenvalue weighted by atomic mass is 16.5. The van der Waals surface area contributed by atoms with E-state index in [0.29, 0.717) is 19.3 Å². The summed E-state index contributed by atoms with van der Waals surface area (Å²) in [6.45, 7) is 3.58. The third kappa shape index (κ3) is 6.06. The van der Waals surface area contributed by atoms with Gasteiger partial charge in [-0.2, -0.15) is 0 Å². The maximum atomic E-state index is 11.3. The molecular formula is C10H19NO4. The number of carbonyl (C=O) groups excluding carboxylic acids is 1. The first-order chi connectivity index (χ1) is 7.01. The molecule has 88 valence electrons. The van der Waals surface area contributed by atoms with E-state index in [4.69, 9.17) is 9.84 Å². The number of methoxy groups -OCH3 is 1. The first kappa shape index (κ1) is 13.9. The molecule has 0 saturated heterocycles. The second-order valence-electron chi connectivity index (χ2n) is 3.45. The summed E-state index contributed by atoms with van der Waals surface area (Å²) in [6.07, 6.45) is 1.29. The zero-order valence-corrected chi connectivity index (χ0v) is 9.45. The van der Waals surface area contributed by atoms with E-state index in [1.165, 1.54) is 0 Å². The smallest absolute Gasteiger partial charge is 0.326 e. The summed E-state index contributed by atoms with van der Waals surface area (Å²) in [6, 6.07) is -0.782. The maximum absolute atomic E-state index is 11.3. The molecule has 0 radical (unpaired) electrons. The Kier molecular flexibility index (Phi) is 6.70. The van der Waals surface area contributed by atoms with Gasteiger partial charge in [-0.05, 0) is 19.8 Å². The van der Waals surface area contributed by atoms with Gasteiger partial charge in [0.05, 0.1) is 6.10 Å². The van der Waals surface area contributed by atoms with E-state index in [9.17, 15) is 9.59 Å². The Bertz CT molecular complexity index is 217. The number of hydrogen-bond donors (Lipinski definition) is 2. The van der Waals surface area contributed by atoms with E-state index in [-0.39, 0.29) is 12.0 Å². The van der Waals surface area contributed by atoms with Gasteiger partial charge in [-0.25, -0.2) is 4.79 Å². The van der Waals surface area contributed by atoms with Gasteiger partial charge in [0.1, 0.15) is 6.04 Å². The highest BCUT2D eigenvalue weighted by molar-refractivity contribution is 5.83. The van der Waals surface area contributed by atoms with Crippen LogP contribution in [0.2, 0.25) is 0 Å². The quantitative estimate of drug-likeness (QED) is 0.660. The molecule has 5 nitrogen and oxygen atoms in total. The highest BCUT2D eigenvalue weighted by Crippen LogP contribution is 2.00. The van der Waals surface area contributed by atoms with Crippen LogP contribution >= 0.6 is 0 Å². The number of aliphatic carboxylic acids is 1. The molecule has 0 saturated carbocycles. The van der Waals surface area contributed by atoms with Crippen molar-refractivity contribution in [1.82, 2.24) is 5.32 Å². The number of carboxylic acids is 1. The predicted molar refractivity (Wildman–Crippen MR) is 55.6 cm³/mol. The number of nitrogens with one attached hydrogen (secondary N) is 1. The first-order valence-corrected chi connectivity index (χ1v) is 5.06. The summed E-state index contributed by atoms with van der Waals surface area (Å²) in [7, 11) is 1.58. The molecule has 2 N–H and O–H groups in total. The van der Waals surface area contributed by atoms with Crippen molar-refractivity contribution < 1.29 is 19.4 Å². The minimum absolute atomic E-state index is 0.0145. The van der Waals surface area contributed by atoms with Crippen molar-refractivity contribution in [3.8, 4) is 0 Å². The van der Waals surface area contributed by atoms with Crippen molar-refractivity contribution >= 4 is 11.9 Å². The van der Waals surface area contributed by atoms with Gasteiger partial charge >= 0.3 is 5.97 Å². The summed E-state index contributed by atoms with van der Waals surface area (Å²) in [5, 5.41) is 11.2. The molecule has 0 aromatic heterocycles. The largest absolute Gasteiger partial charge is 0.480 e. The lowest BCUT2D eigenvalue weighted by Crippen LogP contribution is -2.40. The molecule has 15 heavy (non-hydrogen) atoms. The van der Waals surface area contributed by atoms with Gasteiger partial charge in [-0.3, -0.25) is 4.79 Å². The minimum Gasteiger partial charge on any atom is -0.480 e. The van der Waals surface area contributed by atoms with Crippen LogP contribution in [-0.2, 0) is 14.3 Å². The van der Waals surface area contributed by atoms with Gasteiger partial charge in [0, 0.05) is 13.5 Å². The highest BCUT2D eigenvalue weighted by Gasteiger charge is 2.17. The van der Waals surface area contributed by atoms with E-state index >= 15 is 0 Å². The molecule has 0 bridgehead atoms. The summed E-state index contributed by atoms with van der Waals surface area (Å²) < 4.78 is 4.98. The average molecular weight is 217 g/mol. The Morgan fingerprint density at radius 3 is 2.47 bits per heavy atom. The van der Waals surface area contributed by atoms with E-state index in [0.717, 1.165) is 0 Å². The first-order valence-electron chi connectivity index (χ1n) is 5.06. The number of carbonyl (C=O) groups is 2. The molecule has 0 aliphatic heterocycles. The van der Waals surface area contributed by atoms with Crippen LogP contribution in [0.25, 0.3) is 0 Å². The molecular weight excluding hydrogens is 198 g/mol. The van der Waals surface area contributed by atoms with Crippen molar-refractivity contribution in [3.05, 3.63) is 0 Å². The van der Waals surface area contributed by atoms with Gasteiger partial charge in [-0.15, -0.1) is 0 Å². The van der Waals surface area contributed by atoms with Crippen LogP contribution < -0.4 is 5.32 Å². The number of amides is 1. The summed E-state index contributed by atoms with van der Waals surface area (Å²) in [4.78, 5) is 21.9. The lowest BCUT2D eigenvalue weighted by molar-refractivity contribution is -0.142. The molecule has 0 rings (SSSR count). The Morgan fingerprint density at radius 1 is 1.47 bits per heavy atom. The number of ether oxygens (including phenoxy) is 1. The van der Waals surface area contributed by atoms with E-state index < -0.39 is 12.0 Å². The standard InChI is InChI=1S/C10H19NO4/c1-4-8(10(13)14)11-9(12)6-5-7(2)15-3/h7-8H,4-6H2,1-3H3,(H,11,12)(H,13,14)/t7?,8-/m0/s1. The van der Waals surface area contributed by atoms with Crippen LogP contribution in [0, 0.1) is 0 Å². The third-order valence-electron chi connectivity index (χ3n) is 2.22. The fourth-order valence-electron chi connectivity index (χ4n) is 1.06. The lowest BCUT2D eigenvalue weighted by Gasteiger charge is -2.13. The van der Waals surface area contributed by atoms with Gasteiger partial charge in [0.25, 0.3) is 0 Å². The second-order valence-corrected chi connectivity index (χ2v) is 3.45. The predicted octanol–water partition coefficient (Wildman–Crippen LogP) is 0.781. The molecule has 0 aliphatic carbocycles. The van der Waals surface area contributed by atoms with Gasteiger partial charge in [0.15, 0.2) is 0 Å². The minimum atomic E-state index is -0.995. The Morgan fingerprint density at radius 2 is 2.07 bits per heavy atom. The van der Waals surface area contributed by atoms with Crippen molar-refractivity contribution in [2.75, 3.05) is 7.11 Å². The molecule has 0 spiro atoms. The van der Waals surface area contributed by atoms with Crippen molar-refractivity contribution in [2.45, 2.75) is 45.3 Å². The summed E-state index contributed by atoms with van der Waals surface area (Å²) in [5.41, 5.74) is 0. The fraction of sp³-hybridized carbons (Fsp3) is 0.800. The zero-order valence-electron chi connectivity index (χ0n) is 9.45. The molecule has 0 aliphatic rings. The van der Waals surface area contributed by atoms with Crippen LogP contribution in [0.15, 0.2) is 0 Å². The van der Waals surface area contributed by atoms with Crippen LogP contribution in [0.5, 0.6) is 0 Å². The zero-order chi connectivity index (χ0) is 11.8. The molecule has 5 heteroatoms. The lowest BCUT2D eigenvalue weighted by atomic mass is 10.2. The number of rotatable bonds is 7. The number of carboxylic acid groups (broad SMARTS) is 1. The molecule has 1 amide bonds. The molecule has 1 unspecified atom stereocenters. The van der Waals surface area contributed by atoms with Crippen LogP contribution in [-0.4, -0.2) is 36.2 Å². The van der Waals surface area contributed by atoms with E-state index in [2.05, 4.69) is 5.32 Å². The molecule has 2 atom stereocenters. The Labute approximate surface area is 89.8 Å². The Hall–Kier alpha value is -1.10. The van der Waals surface area contributed by atoms with Gasteiger partial charge < -0.3 is 15.2 Å². The van der Waals surface area contributed by atoms with Gasteiger partial charge in [-0.1, -0.05) is 6.92 Å². The fourth-order valence-corrected chi connectivity index (χ4v) is 1.06. The van der Waals surface area contributed by atoms with Crippen molar-refractivity contribution in [1.29, 1.82) is 0 Å². The van der Waals surface area contributed by atoms with Crippen molar-refractivity contribution in [3.63, 3.8) is 0 Å². The van der Waals surface area contributed by atoms with Crippen LogP contribution in [0.3, 0.4) is 0 Å². The molecule has 0 fully saturated rings. The van der Waals surface area contributed by atoms with Crippen LogP contribution in [0.4, 0.5) is 0 Å². The maximum Gasteiger partial charge on any atom is 0.326 e.